The third-order valence-corrected chi connectivity index (χ3v) is 2.75. The first kappa shape index (κ1) is 16.5. The first-order chi connectivity index (χ1) is 9.56. The van der Waals surface area contributed by atoms with Crippen LogP contribution in [0.3, 0.4) is 0 Å². The van der Waals surface area contributed by atoms with Crippen LogP contribution in [0.1, 0.15) is 24.5 Å². The summed E-state index contributed by atoms with van der Waals surface area (Å²) < 4.78 is 5.28. The van der Waals surface area contributed by atoms with Crippen molar-refractivity contribution in [3.63, 3.8) is 0 Å². The Balaban J connectivity index is 2.84. The van der Waals surface area contributed by atoms with Crippen molar-refractivity contribution in [2.45, 2.75) is 26.0 Å². The molecule has 1 atom stereocenters. The Hall–Kier alpha value is -1.54. The van der Waals surface area contributed by atoms with Crippen LogP contribution in [0.4, 0.5) is 0 Å². The number of nitrogens with zero attached hydrogens (tertiary/aromatic N) is 1. The number of hydrogen-bond donors (Lipinski definition) is 2. The van der Waals surface area contributed by atoms with Crippen molar-refractivity contribution in [2.24, 2.45) is 0 Å². The van der Waals surface area contributed by atoms with E-state index in [-0.39, 0.29) is 12.7 Å². The summed E-state index contributed by atoms with van der Waals surface area (Å²) in [5, 5.41) is 18.1. The molecule has 110 valence electrons. The number of likely N-dealkylation sites (N-methyl/N-ethyl adjacent to an activating group) is 1. The maximum absolute atomic E-state index is 9.37. The Morgan fingerprint density at radius 1 is 1.40 bits per heavy atom. The van der Waals surface area contributed by atoms with Crippen LogP contribution >= 0.6 is 0 Å². The molecule has 0 bridgehead atoms. The van der Waals surface area contributed by atoms with Crippen LogP contribution in [0.2, 0.25) is 0 Å². The molecule has 2 N–H and O–H groups in total. The molecule has 1 unspecified atom stereocenters. The summed E-state index contributed by atoms with van der Waals surface area (Å²) in [6.07, 6.45) is 0.108. The Bertz CT molecular complexity index is 474. The van der Waals surface area contributed by atoms with Gasteiger partial charge in [0, 0.05) is 19.5 Å². The fraction of sp³-hybridized carbons (Fsp3) is 0.500. The van der Waals surface area contributed by atoms with Crippen LogP contribution in [-0.4, -0.2) is 48.5 Å². The van der Waals surface area contributed by atoms with E-state index in [4.69, 9.17) is 9.84 Å². The summed E-state index contributed by atoms with van der Waals surface area (Å²) in [6.45, 7) is 3.20. The second-order valence-corrected chi connectivity index (χ2v) is 4.86. The molecule has 0 aromatic heterocycles. The van der Waals surface area contributed by atoms with Gasteiger partial charge in [-0.2, -0.15) is 0 Å². The van der Waals surface area contributed by atoms with Gasteiger partial charge in [0.2, 0.25) is 0 Å². The van der Waals surface area contributed by atoms with Crippen molar-refractivity contribution >= 4 is 0 Å². The van der Waals surface area contributed by atoms with Gasteiger partial charge in [-0.3, -0.25) is 4.90 Å². The summed E-state index contributed by atoms with van der Waals surface area (Å²) in [6, 6.07) is 5.88. The molecule has 0 spiro atoms. The molecular formula is C16H23NO3. The molecule has 0 fully saturated rings. The number of benzene rings is 1. The number of aliphatic hydroxyl groups is 2. The monoisotopic (exact) mass is 277 g/mol. The number of rotatable bonds is 6. The van der Waals surface area contributed by atoms with Gasteiger partial charge in [0.05, 0.1) is 25.4 Å². The molecule has 1 aromatic rings. The Morgan fingerprint density at radius 2 is 2.15 bits per heavy atom. The number of methoxy groups -OCH3 is 1. The van der Waals surface area contributed by atoms with E-state index >= 15 is 0 Å². The zero-order valence-corrected chi connectivity index (χ0v) is 12.4. The van der Waals surface area contributed by atoms with Crippen LogP contribution in [0.25, 0.3) is 0 Å². The van der Waals surface area contributed by atoms with Gasteiger partial charge in [0.1, 0.15) is 5.75 Å². The number of ether oxygens (including phenoxy) is 1. The van der Waals surface area contributed by atoms with Gasteiger partial charge < -0.3 is 14.9 Å². The summed E-state index contributed by atoms with van der Waals surface area (Å²) in [5.74, 6) is 6.66. The van der Waals surface area contributed by atoms with E-state index in [1.165, 1.54) is 0 Å². The highest BCUT2D eigenvalue weighted by molar-refractivity contribution is 5.48. The van der Waals surface area contributed by atoms with Gasteiger partial charge in [0.25, 0.3) is 0 Å². The fourth-order valence-corrected chi connectivity index (χ4v) is 1.99. The van der Waals surface area contributed by atoms with Gasteiger partial charge in [-0.1, -0.05) is 17.9 Å². The van der Waals surface area contributed by atoms with Gasteiger partial charge in [-0.25, -0.2) is 0 Å². The molecule has 0 saturated carbocycles. The summed E-state index contributed by atoms with van der Waals surface area (Å²) in [5.41, 5.74) is 1.94. The lowest BCUT2D eigenvalue weighted by Crippen LogP contribution is -2.26. The largest absolute Gasteiger partial charge is 0.495 e. The van der Waals surface area contributed by atoms with E-state index in [9.17, 15) is 5.11 Å². The molecule has 0 aliphatic rings. The highest BCUT2D eigenvalue weighted by atomic mass is 16.5. The summed E-state index contributed by atoms with van der Waals surface area (Å²) >= 11 is 0. The van der Waals surface area contributed by atoms with Crippen molar-refractivity contribution in [3.05, 3.63) is 29.3 Å². The van der Waals surface area contributed by atoms with E-state index in [0.717, 1.165) is 23.4 Å². The van der Waals surface area contributed by atoms with Crippen LogP contribution in [0.15, 0.2) is 18.2 Å². The van der Waals surface area contributed by atoms with Gasteiger partial charge in [0.15, 0.2) is 0 Å². The topological polar surface area (TPSA) is 52.9 Å². The van der Waals surface area contributed by atoms with E-state index in [2.05, 4.69) is 16.7 Å². The Labute approximate surface area is 121 Å². The SMILES string of the molecule is COc1ccc(CN(C)CC(C)O)cc1C#CCCO. The molecule has 1 rings (SSSR count). The maximum Gasteiger partial charge on any atom is 0.134 e. The molecule has 0 heterocycles. The minimum Gasteiger partial charge on any atom is -0.495 e. The first-order valence-corrected chi connectivity index (χ1v) is 6.70. The van der Waals surface area contributed by atoms with Gasteiger partial charge in [-0.05, 0) is 31.7 Å². The lowest BCUT2D eigenvalue weighted by molar-refractivity contribution is 0.138. The molecule has 4 heteroatoms. The first-order valence-electron chi connectivity index (χ1n) is 6.70. The van der Waals surface area contributed by atoms with Gasteiger partial charge >= 0.3 is 0 Å². The summed E-state index contributed by atoms with van der Waals surface area (Å²) in [7, 11) is 3.58. The van der Waals surface area contributed by atoms with E-state index in [0.29, 0.717) is 13.0 Å². The van der Waals surface area contributed by atoms with Crippen molar-refractivity contribution < 1.29 is 14.9 Å². The quantitative estimate of drug-likeness (QED) is 0.768. The maximum atomic E-state index is 9.37. The zero-order valence-electron chi connectivity index (χ0n) is 12.4. The molecule has 0 amide bonds. The Kier molecular flexibility index (Phi) is 7.10. The average molecular weight is 277 g/mol. The van der Waals surface area contributed by atoms with Crippen molar-refractivity contribution in [1.82, 2.24) is 4.90 Å². The Morgan fingerprint density at radius 3 is 2.75 bits per heavy atom. The molecule has 0 radical (unpaired) electrons. The molecule has 0 aliphatic carbocycles. The molecule has 0 aliphatic heterocycles. The second kappa shape index (κ2) is 8.60. The average Bonchev–Trinajstić information content (AvgIpc) is 2.38. The molecule has 1 aromatic carbocycles. The third-order valence-electron chi connectivity index (χ3n) is 2.75. The standard InChI is InChI=1S/C16H23NO3/c1-13(19)11-17(2)12-14-7-8-16(20-3)15(10-14)6-4-5-9-18/h7-8,10,13,18-19H,5,9,11-12H2,1-3H3. The minimum atomic E-state index is -0.345. The van der Waals surface area contributed by atoms with E-state index in [1.807, 2.05) is 25.2 Å². The van der Waals surface area contributed by atoms with Crippen molar-refractivity contribution in [2.75, 3.05) is 27.3 Å². The third kappa shape index (κ3) is 5.62. The van der Waals surface area contributed by atoms with Crippen molar-refractivity contribution in [1.29, 1.82) is 0 Å². The molecular weight excluding hydrogens is 254 g/mol. The van der Waals surface area contributed by atoms with Crippen molar-refractivity contribution in [3.8, 4) is 17.6 Å². The van der Waals surface area contributed by atoms with Crippen LogP contribution in [-0.2, 0) is 6.54 Å². The predicted molar refractivity (Wildman–Crippen MR) is 79.6 cm³/mol. The molecule has 0 saturated heterocycles. The molecule has 4 nitrogen and oxygen atoms in total. The van der Waals surface area contributed by atoms with E-state index < -0.39 is 0 Å². The zero-order chi connectivity index (χ0) is 15.0. The van der Waals surface area contributed by atoms with Crippen LogP contribution in [0, 0.1) is 11.8 Å². The van der Waals surface area contributed by atoms with Gasteiger partial charge in [-0.15, -0.1) is 0 Å². The lowest BCUT2D eigenvalue weighted by Gasteiger charge is -2.18. The minimum absolute atomic E-state index is 0.0616. The normalized spacial score (nSPS) is 11.9. The van der Waals surface area contributed by atoms with Crippen LogP contribution in [0.5, 0.6) is 5.75 Å². The number of aliphatic hydroxyl groups excluding tert-OH is 2. The molecule has 20 heavy (non-hydrogen) atoms. The lowest BCUT2D eigenvalue weighted by atomic mass is 10.1. The highest BCUT2D eigenvalue weighted by Crippen LogP contribution is 2.19. The highest BCUT2D eigenvalue weighted by Gasteiger charge is 2.06. The second-order valence-electron chi connectivity index (χ2n) is 4.86. The fourth-order valence-electron chi connectivity index (χ4n) is 1.99. The summed E-state index contributed by atoms with van der Waals surface area (Å²) in [4.78, 5) is 2.05. The van der Waals surface area contributed by atoms with E-state index in [1.54, 1.807) is 14.0 Å². The van der Waals surface area contributed by atoms with Crippen LogP contribution < -0.4 is 4.74 Å². The number of hydrogen-bond acceptors (Lipinski definition) is 4. The predicted octanol–water partition coefficient (Wildman–Crippen LogP) is 1.24. The smallest absolute Gasteiger partial charge is 0.134 e.